The zero-order valence-electron chi connectivity index (χ0n) is 14.2. The van der Waals surface area contributed by atoms with E-state index in [1.54, 1.807) is 28.6 Å². The molecule has 7 heteroatoms. The van der Waals surface area contributed by atoms with Crippen molar-refractivity contribution < 1.29 is 9.53 Å². The molecule has 0 unspecified atom stereocenters. The van der Waals surface area contributed by atoms with Crippen LogP contribution in [0.1, 0.15) is 21.7 Å². The third-order valence-corrected chi connectivity index (χ3v) is 6.28. The number of halogens is 2. The molecule has 1 heterocycles. The van der Waals surface area contributed by atoms with Gasteiger partial charge in [0, 0.05) is 13.8 Å². The van der Waals surface area contributed by atoms with E-state index in [0.29, 0.717) is 10.0 Å². The Morgan fingerprint density at radius 1 is 1.12 bits per heavy atom. The van der Waals surface area contributed by atoms with Crippen molar-refractivity contribution in [3.05, 3.63) is 74.4 Å². The SMILES string of the molecule is Cc1nn(COC(=O)c2ccccc2Br)c(C)c1Sc1ccc(Br)cc1. The van der Waals surface area contributed by atoms with Crippen LogP contribution in [0.4, 0.5) is 0 Å². The lowest BCUT2D eigenvalue weighted by molar-refractivity contribution is 0.0344. The van der Waals surface area contributed by atoms with Crippen LogP contribution in [-0.2, 0) is 11.5 Å². The van der Waals surface area contributed by atoms with Gasteiger partial charge in [-0.25, -0.2) is 9.48 Å². The third-order valence-electron chi connectivity index (χ3n) is 3.76. The maximum atomic E-state index is 12.3. The Balaban J connectivity index is 1.72. The van der Waals surface area contributed by atoms with Gasteiger partial charge in [0.1, 0.15) is 0 Å². The van der Waals surface area contributed by atoms with Crippen LogP contribution in [0.3, 0.4) is 0 Å². The van der Waals surface area contributed by atoms with E-state index >= 15 is 0 Å². The summed E-state index contributed by atoms with van der Waals surface area (Å²) in [6.45, 7) is 4.02. The number of carbonyl (C=O) groups excluding carboxylic acids is 1. The highest BCUT2D eigenvalue weighted by atomic mass is 79.9. The Morgan fingerprint density at radius 2 is 1.81 bits per heavy atom. The zero-order chi connectivity index (χ0) is 18.7. The highest BCUT2D eigenvalue weighted by Gasteiger charge is 2.16. The average Bonchev–Trinajstić information content (AvgIpc) is 2.89. The largest absolute Gasteiger partial charge is 0.439 e. The summed E-state index contributed by atoms with van der Waals surface area (Å²) in [5.41, 5.74) is 2.38. The van der Waals surface area contributed by atoms with Gasteiger partial charge in [-0.05, 0) is 66.2 Å². The Hall–Kier alpha value is -1.57. The molecular formula is C19H16Br2N2O2S. The zero-order valence-corrected chi connectivity index (χ0v) is 18.2. The van der Waals surface area contributed by atoms with Gasteiger partial charge in [-0.3, -0.25) is 0 Å². The number of hydrogen-bond acceptors (Lipinski definition) is 4. The number of rotatable bonds is 5. The fourth-order valence-electron chi connectivity index (χ4n) is 2.40. The summed E-state index contributed by atoms with van der Waals surface area (Å²) in [6.07, 6.45) is 0. The van der Waals surface area contributed by atoms with E-state index in [2.05, 4.69) is 49.1 Å². The molecule has 0 spiro atoms. The molecule has 0 aliphatic heterocycles. The number of aromatic nitrogens is 2. The second kappa shape index (κ2) is 8.41. The standard InChI is InChI=1S/C19H16Br2N2O2S/c1-12-18(26-15-9-7-14(20)8-10-15)13(2)23(22-12)11-25-19(24)16-5-3-4-6-17(16)21/h3-10H,11H2,1-2H3. The second-order valence-corrected chi connectivity index (χ2v) is 8.45. The first-order valence-corrected chi connectivity index (χ1v) is 10.2. The predicted octanol–water partition coefficient (Wildman–Crippen LogP) is 5.99. The van der Waals surface area contributed by atoms with Crippen molar-refractivity contribution in [1.29, 1.82) is 0 Å². The minimum Gasteiger partial charge on any atom is -0.439 e. The number of hydrogen-bond donors (Lipinski definition) is 0. The molecule has 0 saturated heterocycles. The van der Waals surface area contributed by atoms with E-state index in [1.165, 1.54) is 0 Å². The van der Waals surface area contributed by atoms with Gasteiger partial charge in [-0.15, -0.1) is 0 Å². The molecule has 3 rings (SSSR count). The molecule has 0 radical (unpaired) electrons. The summed E-state index contributed by atoms with van der Waals surface area (Å²) in [7, 11) is 0. The smallest absolute Gasteiger partial charge is 0.341 e. The fraction of sp³-hybridized carbons (Fsp3) is 0.158. The first kappa shape index (κ1) is 19.2. The maximum absolute atomic E-state index is 12.3. The number of carbonyl (C=O) groups is 1. The molecule has 0 saturated carbocycles. The van der Waals surface area contributed by atoms with Crippen LogP contribution in [0, 0.1) is 13.8 Å². The summed E-state index contributed by atoms with van der Waals surface area (Å²) >= 11 is 8.46. The molecule has 3 aromatic rings. The maximum Gasteiger partial charge on any atom is 0.341 e. The van der Waals surface area contributed by atoms with Gasteiger partial charge >= 0.3 is 5.97 Å². The molecule has 0 atom stereocenters. The molecular weight excluding hydrogens is 480 g/mol. The number of esters is 1. The quantitative estimate of drug-likeness (QED) is 0.407. The van der Waals surface area contributed by atoms with Crippen LogP contribution in [0.15, 0.2) is 67.3 Å². The van der Waals surface area contributed by atoms with Gasteiger partial charge in [0.15, 0.2) is 6.73 Å². The number of ether oxygens (including phenoxy) is 1. The molecule has 134 valence electrons. The molecule has 0 amide bonds. The molecule has 0 aliphatic rings. The first-order valence-electron chi connectivity index (χ1n) is 7.85. The summed E-state index contributed by atoms with van der Waals surface area (Å²) in [5, 5.41) is 4.51. The van der Waals surface area contributed by atoms with Crippen molar-refractivity contribution in [3.63, 3.8) is 0 Å². The van der Waals surface area contributed by atoms with Gasteiger partial charge in [0.2, 0.25) is 0 Å². The van der Waals surface area contributed by atoms with E-state index in [1.807, 2.05) is 38.1 Å². The van der Waals surface area contributed by atoms with Crippen molar-refractivity contribution in [2.45, 2.75) is 30.4 Å². The molecule has 4 nitrogen and oxygen atoms in total. The molecule has 1 aromatic heterocycles. The molecule has 2 aromatic carbocycles. The van der Waals surface area contributed by atoms with Crippen LogP contribution in [0.5, 0.6) is 0 Å². The van der Waals surface area contributed by atoms with Crippen molar-refractivity contribution in [2.75, 3.05) is 0 Å². The van der Waals surface area contributed by atoms with Gasteiger partial charge < -0.3 is 4.74 Å². The summed E-state index contributed by atoms with van der Waals surface area (Å²) in [4.78, 5) is 14.5. The first-order chi connectivity index (χ1) is 12.5. The lowest BCUT2D eigenvalue weighted by atomic mass is 10.2. The summed E-state index contributed by atoms with van der Waals surface area (Å²) in [5.74, 6) is -0.382. The van der Waals surface area contributed by atoms with Crippen LogP contribution in [0.25, 0.3) is 0 Å². The highest BCUT2D eigenvalue weighted by molar-refractivity contribution is 9.10. The Bertz CT molecular complexity index is 939. The summed E-state index contributed by atoms with van der Waals surface area (Å²) < 4.78 is 8.90. The minimum atomic E-state index is -0.382. The monoisotopic (exact) mass is 494 g/mol. The van der Waals surface area contributed by atoms with Crippen molar-refractivity contribution >= 4 is 49.6 Å². The van der Waals surface area contributed by atoms with Crippen molar-refractivity contribution in [2.24, 2.45) is 0 Å². The Kier molecular flexibility index (Phi) is 6.21. The van der Waals surface area contributed by atoms with Gasteiger partial charge in [0.05, 0.1) is 21.8 Å². The molecule has 0 aliphatic carbocycles. The van der Waals surface area contributed by atoms with E-state index in [0.717, 1.165) is 25.7 Å². The third kappa shape index (κ3) is 4.39. The van der Waals surface area contributed by atoms with E-state index in [4.69, 9.17) is 4.74 Å². The van der Waals surface area contributed by atoms with Crippen LogP contribution in [0.2, 0.25) is 0 Å². The van der Waals surface area contributed by atoms with Crippen LogP contribution in [-0.4, -0.2) is 15.7 Å². The average molecular weight is 496 g/mol. The van der Waals surface area contributed by atoms with Crippen molar-refractivity contribution in [1.82, 2.24) is 9.78 Å². The van der Waals surface area contributed by atoms with Gasteiger partial charge in [0.25, 0.3) is 0 Å². The molecule has 26 heavy (non-hydrogen) atoms. The normalized spacial score (nSPS) is 10.8. The Labute approximate surface area is 173 Å². The van der Waals surface area contributed by atoms with E-state index in [-0.39, 0.29) is 12.7 Å². The number of nitrogens with zero attached hydrogens (tertiary/aromatic N) is 2. The minimum absolute atomic E-state index is 0.0771. The fourth-order valence-corrected chi connectivity index (χ4v) is 4.06. The van der Waals surface area contributed by atoms with E-state index < -0.39 is 0 Å². The lowest BCUT2D eigenvalue weighted by Crippen LogP contribution is -2.12. The van der Waals surface area contributed by atoms with Crippen LogP contribution >= 0.6 is 43.6 Å². The highest BCUT2D eigenvalue weighted by Crippen LogP contribution is 2.33. The van der Waals surface area contributed by atoms with E-state index in [9.17, 15) is 4.79 Å². The second-order valence-electron chi connectivity index (χ2n) is 5.60. The summed E-state index contributed by atoms with van der Waals surface area (Å²) in [6, 6.07) is 15.3. The van der Waals surface area contributed by atoms with Crippen LogP contribution < -0.4 is 0 Å². The van der Waals surface area contributed by atoms with Gasteiger partial charge in [-0.1, -0.05) is 39.8 Å². The van der Waals surface area contributed by atoms with Gasteiger partial charge in [-0.2, -0.15) is 5.10 Å². The molecule has 0 bridgehead atoms. The van der Waals surface area contributed by atoms with Crippen molar-refractivity contribution in [3.8, 4) is 0 Å². The number of benzene rings is 2. The topological polar surface area (TPSA) is 44.1 Å². The molecule has 0 N–H and O–H groups in total. The number of aryl methyl sites for hydroxylation is 1. The molecule has 0 fully saturated rings. The predicted molar refractivity (Wildman–Crippen MR) is 110 cm³/mol. The lowest BCUT2D eigenvalue weighted by Gasteiger charge is -2.08. The Morgan fingerprint density at radius 3 is 2.50 bits per heavy atom.